The lowest BCUT2D eigenvalue weighted by Crippen LogP contribution is -2.40. The maximum Gasteiger partial charge on any atom is 0.338 e. The molecule has 0 saturated carbocycles. The smallest absolute Gasteiger partial charge is 0.338 e. The fourth-order valence-corrected chi connectivity index (χ4v) is 6.16. The molecule has 4 aromatic rings. The number of thiazole rings is 1. The van der Waals surface area contributed by atoms with E-state index in [-0.39, 0.29) is 18.8 Å². The van der Waals surface area contributed by atoms with Crippen molar-refractivity contribution in [2.75, 3.05) is 26.6 Å². The summed E-state index contributed by atoms with van der Waals surface area (Å²) in [5.74, 6) is 2.88. The Morgan fingerprint density at radius 1 is 1.12 bits per heavy atom. The third-order valence-corrected chi connectivity index (χ3v) is 8.35. The number of carbonyl (C=O) groups excluding carboxylic acids is 1. The summed E-state index contributed by atoms with van der Waals surface area (Å²) in [6.07, 6.45) is 9.17. The van der Waals surface area contributed by atoms with E-state index >= 15 is 0 Å². The largest absolute Gasteiger partial charge is 0.493 e. The fraction of sp³-hybridized carbons (Fsp3) is 0.182. The molecule has 5 rings (SSSR count). The van der Waals surface area contributed by atoms with Crippen LogP contribution >= 0.6 is 23.1 Å². The Balaban J connectivity index is 1.81. The molecular formula is C33H28N2O5S2. The monoisotopic (exact) mass is 596 g/mol. The van der Waals surface area contributed by atoms with Crippen LogP contribution < -0.4 is 24.4 Å². The zero-order chi connectivity index (χ0) is 29.6. The second-order valence-corrected chi connectivity index (χ2v) is 11.0. The van der Waals surface area contributed by atoms with Gasteiger partial charge in [0.25, 0.3) is 5.56 Å². The molecule has 1 atom stereocenters. The Morgan fingerprint density at radius 3 is 2.55 bits per heavy atom. The van der Waals surface area contributed by atoms with Gasteiger partial charge in [0.1, 0.15) is 6.61 Å². The Labute approximate surface area is 251 Å². The number of terminal acetylenes is 1. The predicted molar refractivity (Wildman–Crippen MR) is 167 cm³/mol. The molecular weight excluding hydrogens is 569 g/mol. The van der Waals surface area contributed by atoms with E-state index in [2.05, 4.69) is 5.92 Å². The minimum absolute atomic E-state index is 0.0395. The molecule has 9 heteroatoms. The lowest BCUT2D eigenvalue weighted by atomic mass is 9.93. The number of hydrogen-bond acceptors (Lipinski definition) is 8. The van der Waals surface area contributed by atoms with Gasteiger partial charge in [-0.25, -0.2) is 9.79 Å². The van der Waals surface area contributed by atoms with Gasteiger partial charge < -0.3 is 14.2 Å². The van der Waals surface area contributed by atoms with Crippen molar-refractivity contribution in [2.45, 2.75) is 17.9 Å². The van der Waals surface area contributed by atoms with E-state index < -0.39 is 12.0 Å². The molecule has 0 aliphatic carbocycles. The molecule has 0 amide bonds. The number of para-hydroxylation sites is 1. The van der Waals surface area contributed by atoms with E-state index in [0.29, 0.717) is 37.7 Å². The van der Waals surface area contributed by atoms with Crippen molar-refractivity contribution >= 4 is 40.8 Å². The van der Waals surface area contributed by atoms with Crippen LogP contribution in [-0.4, -0.2) is 37.1 Å². The summed E-state index contributed by atoms with van der Waals surface area (Å²) >= 11 is 2.85. The van der Waals surface area contributed by atoms with Gasteiger partial charge in [-0.15, -0.1) is 18.2 Å². The highest BCUT2D eigenvalue weighted by molar-refractivity contribution is 7.98. The molecule has 0 saturated heterocycles. The van der Waals surface area contributed by atoms with E-state index in [1.165, 1.54) is 11.3 Å². The molecule has 0 unspecified atom stereocenters. The third kappa shape index (κ3) is 5.64. The van der Waals surface area contributed by atoms with Gasteiger partial charge in [0, 0.05) is 16.0 Å². The number of fused-ring (bicyclic) bond motifs is 1. The maximum atomic E-state index is 14.2. The Bertz CT molecular complexity index is 1870. The van der Waals surface area contributed by atoms with Crippen molar-refractivity contribution in [3.8, 4) is 23.8 Å². The number of ether oxygens (including phenoxy) is 3. The van der Waals surface area contributed by atoms with Crippen LogP contribution in [0.4, 0.5) is 0 Å². The van der Waals surface area contributed by atoms with Gasteiger partial charge in [0.2, 0.25) is 0 Å². The number of methoxy groups -OCH3 is 1. The number of thioether (sulfide) groups is 1. The van der Waals surface area contributed by atoms with Gasteiger partial charge in [0.05, 0.1) is 35.6 Å². The second kappa shape index (κ2) is 13.0. The number of aromatic nitrogens is 1. The lowest BCUT2D eigenvalue weighted by molar-refractivity contribution is -0.138. The molecule has 212 valence electrons. The molecule has 42 heavy (non-hydrogen) atoms. The van der Waals surface area contributed by atoms with Crippen LogP contribution in [0.3, 0.4) is 0 Å². The number of esters is 1. The van der Waals surface area contributed by atoms with Crippen LogP contribution in [0.5, 0.6) is 11.5 Å². The van der Waals surface area contributed by atoms with Crippen LogP contribution in [0, 0.1) is 12.3 Å². The van der Waals surface area contributed by atoms with Crippen molar-refractivity contribution in [1.29, 1.82) is 0 Å². The first-order chi connectivity index (χ1) is 20.5. The summed E-state index contributed by atoms with van der Waals surface area (Å²) in [5, 5.41) is 0. The van der Waals surface area contributed by atoms with Gasteiger partial charge >= 0.3 is 5.97 Å². The van der Waals surface area contributed by atoms with E-state index in [0.717, 1.165) is 16.0 Å². The van der Waals surface area contributed by atoms with E-state index in [4.69, 9.17) is 25.6 Å². The summed E-state index contributed by atoms with van der Waals surface area (Å²) in [6.45, 7) is 1.98. The van der Waals surface area contributed by atoms with Crippen LogP contribution in [-0.2, 0) is 9.53 Å². The minimum atomic E-state index is -0.754. The van der Waals surface area contributed by atoms with Crippen LogP contribution in [0.2, 0.25) is 0 Å². The highest BCUT2D eigenvalue weighted by Gasteiger charge is 2.35. The van der Waals surface area contributed by atoms with Gasteiger partial charge in [-0.3, -0.25) is 9.36 Å². The molecule has 0 fully saturated rings. The molecule has 0 radical (unpaired) electrons. The number of carbonyl (C=O) groups is 1. The molecule has 1 aliphatic rings. The van der Waals surface area contributed by atoms with Crippen LogP contribution in [0.1, 0.15) is 29.7 Å². The first-order valence-corrected chi connectivity index (χ1v) is 15.2. The first kappa shape index (κ1) is 29.0. The Kier molecular flexibility index (Phi) is 8.96. The molecule has 1 aromatic heterocycles. The highest BCUT2D eigenvalue weighted by Crippen LogP contribution is 2.36. The zero-order valence-corrected chi connectivity index (χ0v) is 25.0. The average Bonchev–Trinajstić information content (AvgIpc) is 3.34. The summed E-state index contributed by atoms with van der Waals surface area (Å²) in [6, 6.07) is 21.9. The molecule has 2 heterocycles. The summed E-state index contributed by atoms with van der Waals surface area (Å²) in [7, 11) is 1.54. The van der Waals surface area contributed by atoms with Crippen LogP contribution in [0.15, 0.2) is 93.1 Å². The van der Waals surface area contributed by atoms with Crippen molar-refractivity contribution in [3.05, 3.63) is 115 Å². The van der Waals surface area contributed by atoms with Crippen LogP contribution in [0.25, 0.3) is 11.8 Å². The second-order valence-electron chi connectivity index (χ2n) is 9.08. The van der Waals surface area contributed by atoms with E-state index in [1.54, 1.807) is 42.5 Å². The van der Waals surface area contributed by atoms with Crippen molar-refractivity contribution in [3.63, 3.8) is 0 Å². The SMILES string of the molecule is C#CCOc1c(/C=c2\sc3n(c2=O)[C@H](c2ccc(SC)cc2)C(C(=O)OCC)=C(c2ccccc2)N=3)cccc1OC. The number of hydrogen-bond donors (Lipinski definition) is 0. The maximum absolute atomic E-state index is 14.2. The molecule has 0 bridgehead atoms. The zero-order valence-electron chi connectivity index (χ0n) is 23.3. The number of nitrogens with zero attached hydrogens (tertiary/aromatic N) is 2. The predicted octanol–water partition coefficient (Wildman–Crippen LogP) is 4.68. The number of rotatable bonds is 9. The fourth-order valence-electron chi connectivity index (χ4n) is 4.76. The van der Waals surface area contributed by atoms with Gasteiger partial charge in [-0.05, 0) is 43.0 Å². The van der Waals surface area contributed by atoms with Crippen molar-refractivity contribution in [2.24, 2.45) is 4.99 Å². The first-order valence-electron chi connectivity index (χ1n) is 13.2. The van der Waals surface area contributed by atoms with E-state index in [9.17, 15) is 9.59 Å². The lowest BCUT2D eigenvalue weighted by Gasteiger charge is -2.26. The summed E-state index contributed by atoms with van der Waals surface area (Å²) in [4.78, 5) is 34.2. The summed E-state index contributed by atoms with van der Waals surface area (Å²) < 4.78 is 18.8. The van der Waals surface area contributed by atoms with Crippen molar-refractivity contribution in [1.82, 2.24) is 4.57 Å². The standard InChI is InChI=1S/C33H28N2O5S2/c1-5-19-40-30-23(13-10-14-25(30)38-3)20-26-31(36)35-29(22-15-17-24(41-4)18-16-22)27(32(37)39-6-2)28(34-33(35)42-26)21-11-8-7-9-12-21/h1,7-18,20,29H,6,19H2,2-4H3/b26-20-/t29-/m1/s1. The molecule has 3 aromatic carbocycles. The molecule has 1 aliphatic heterocycles. The molecule has 7 nitrogen and oxygen atoms in total. The molecule has 0 N–H and O–H groups in total. The summed E-state index contributed by atoms with van der Waals surface area (Å²) in [5.41, 5.74) is 2.63. The normalized spacial score (nSPS) is 14.5. The van der Waals surface area contributed by atoms with Crippen molar-refractivity contribution < 1.29 is 19.0 Å². The van der Waals surface area contributed by atoms with Gasteiger partial charge in [-0.1, -0.05) is 71.9 Å². The quantitative estimate of drug-likeness (QED) is 0.159. The minimum Gasteiger partial charge on any atom is -0.493 e. The number of benzene rings is 3. The Morgan fingerprint density at radius 2 is 1.88 bits per heavy atom. The average molecular weight is 597 g/mol. The topological polar surface area (TPSA) is 79.1 Å². The van der Waals surface area contributed by atoms with Gasteiger partial charge in [-0.2, -0.15) is 0 Å². The third-order valence-electron chi connectivity index (χ3n) is 6.62. The van der Waals surface area contributed by atoms with E-state index in [1.807, 2.05) is 73.0 Å². The van der Waals surface area contributed by atoms with Gasteiger partial charge in [0.15, 0.2) is 16.3 Å². The Hall–Kier alpha value is -4.52. The highest BCUT2D eigenvalue weighted by atomic mass is 32.2. The molecule has 0 spiro atoms.